The standard InChI is InChI=1S/C18H16O2/c1-3-14-20-18-7-5-4-6-16(18)11-8-15-9-12-17(19-2)13-10-15/h3-7,9-10,12-13H,1,14H2,2H3. The van der Waals surface area contributed by atoms with Crippen molar-refractivity contribution in [1.82, 2.24) is 0 Å². The summed E-state index contributed by atoms with van der Waals surface area (Å²) >= 11 is 0. The van der Waals surface area contributed by atoms with Crippen LogP contribution in [0.3, 0.4) is 0 Å². The molecule has 0 atom stereocenters. The second-order valence-corrected chi connectivity index (χ2v) is 4.07. The van der Waals surface area contributed by atoms with E-state index in [4.69, 9.17) is 9.47 Å². The van der Waals surface area contributed by atoms with Crippen molar-refractivity contribution in [1.29, 1.82) is 0 Å². The van der Waals surface area contributed by atoms with Gasteiger partial charge in [-0.15, -0.1) is 0 Å². The highest BCUT2D eigenvalue weighted by atomic mass is 16.5. The smallest absolute Gasteiger partial charge is 0.135 e. The highest BCUT2D eigenvalue weighted by Crippen LogP contribution is 2.17. The predicted octanol–water partition coefficient (Wildman–Crippen LogP) is 3.66. The minimum absolute atomic E-state index is 0.473. The molecule has 2 aromatic carbocycles. The van der Waals surface area contributed by atoms with Crippen LogP contribution in [0.2, 0.25) is 0 Å². The van der Waals surface area contributed by atoms with Gasteiger partial charge in [-0.05, 0) is 36.4 Å². The van der Waals surface area contributed by atoms with Crippen molar-refractivity contribution in [2.24, 2.45) is 0 Å². The fraction of sp³-hybridized carbons (Fsp3) is 0.111. The fourth-order valence-electron chi connectivity index (χ4n) is 1.66. The second kappa shape index (κ2) is 7.06. The molecular weight excluding hydrogens is 248 g/mol. The van der Waals surface area contributed by atoms with Crippen LogP contribution < -0.4 is 9.47 Å². The monoisotopic (exact) mass is 264 g/mol. The van der Waals surface area contributed by atoms with E-state index >= 15 is 0 Å². The Bertz CT molecular complexity index is 630. The van der Waals surface area contributed by atoms with Crippen LogP contribution in [0.1, 0.15) is 11.1 Å². The van der Waals surface area contributed by atoms with Gasteiger partial charge in [0.1, 0.15) is 18.1 Å². The molecule has 20 heavy (non-hydrogen) atoms. The molecular formula is C18H16O2. The molecule has 0 amide bonds. The third-order valence-corrected chi connectivity index (χ3v) is 2.68. The summed E-state index contributed by atoms with van der Waals surface area (Å²) in [5.41, 5.74) is 1.80. The van der Waals surface area contributed by atoms with E-state index in [2.05, 4.69) is 18.4 Å². The third-order valence-electron chi connectivity index (χ3n) is 2.68. The largest absolute Gasteiger partial charge is 0.497 e. The maximum atomic E-state index is 5.57. The van der Waals surface area contributed by atoms with Gasteiger partial charge < -0.3 is 9.47 Å². The summed E-state index contributed by atoms with van der Waals surface area (Å²) in [6, 6.07) is 15.4. The molecule has 0 aliphatic carbocycles. The van der Waals surface area contributed by atoms with Gasteiger partial charge in [0, 0.05) is 5.56 Å². The van der Waals surface area contributed by atoms with Crippen LogP contribution in [-0.2, 0) is 0 Å². The van der Waals surface area contributed by atoms with Crippen LogP contribution in [-0.4, -0.2) is 13.7 Å². The third kappa shape index (κ3) is 3.66. The summed E-state index contributed by atoms with van der Waals surface area (Å²) in [5.74, 6) is 7.84. The summed E-state index contributed by atoms with van der Waals surface area (Å²) in [6.45, 7) is 4.12. The first-order chi connectivity index (χ1) is 9.83. The maximum Gasteiger partial charge on any atom is 0.135 e. The number of para-hydroxylation sites is 1. The predicted molar refractivity (Wildman–Crippen MR) is 81.1 cm³/mol. The molecule has 0 aliphatic heterocycles. The Morgan fingerprint density at radius 1 is 1.05 bits per heavy atom. The average Bonchev–Trinajstić information content (AvgIpc) is 2.52. The Labute approximate surface area is 119 Å². The molecule has 2 aromatic rings. The minimum Gasteiger partial charge on any atom is -0.497 e. The van der Waals surface area contributed by atoms with Crippen LogP contribution in [0.25, 0.3) is 0 Å². The van der Waals surface area contributed by atoms with Gasteiger partial charge in [-0.2, -0.15) is 0 Å². The van der Waals surface area contributed by atoms with Crippen LogP contribution >= 0.6 is 0 Å². The van der Waals surface area contributed by atoms with Crippen molar-refractivity contribution in [3.8, 4) is 23.3 Å². The lowest BCUT2D eigenvalue weighted by Crippen LogP contribution is -1.94. The van der Waals surface area contributed by atoms with Crippen molar-refractivity contribution < 1.29 is 9.47 Å². The first kappa shape index (κ1) is 13.8. The van der Waals surface area contributed by atoms with Gasteiger partial charge in [-0.1, -0.05) is 36.6 Å². The van der Waals surface area contributed by atoms with Gasteiger partial charge in [0.25, 0.3) is 0 Å². The van der Waals surface area contributed by atoms with Crippen molar-refractivity contribution in [3.63, 3.8) is 0 Å². The van der Waals surface area contributed by atoms with Gasteiger partial charge in [-0.3, -0.25) is 0 Å². The lowest BCUT2D eigenvalue weighted by molar-refractivity contribution is 0.362. The number of methoxy groups -OCH3 is 1. The van der Waals surface area contributed by atoms with Crippen molar-refractivity contribution in [2.45, 2.75) is 0 Å². The molecule has 0 N–H and O–H groups in total. The molecule has 2 heteroatoms. The normalized spacial score (nSPS) is 9.25. The van der Waals surface area contributed by atoms with E-state index in [0.717, 1.165) is 22.6 Å². The summed E-state index contributed by atoms with van der Waals surface area (Å²) < 4.78 is 10.7. The summed E-state index contributed by atoms with van der Waals surface area (Å²) in [7, 11) is 1.65. The van der Waals surface area contributed by atoms with Gasteiger partial charge in [-0.25, -0.2) is 0 Å². The number of ether oxygens (including phenoxy) is 2. The topological polar surface area (TPSA) is 18.5 Å². The molecule has 0 saturated heterocycles. The molecule has 0 unspecified atom stereocenters. The van der Waals surface area contributed by atoms with Crippen molar-refractivity contribution >= 4 is 0 Å². The van der Waals surface area contributed by atoms with Crippen LogP contribution in [0, 0.1) is 11.8 Å². The zero-order valence-electron chi connectivity index (χ0n) is 11.4. The highest BCUT2D eigenvalue weighted by molar-refractivity contribution is 5.50. The Morgan fingerprint density at radius 3 is 2.50 bits per heavy atom. The molecule has 2 nitrogen and oxygen atoms in total. The molecule has 0 heterocycles. The minimum atomic E-state index is 0.473. The van der Waals surface area contributed by atoms with Crippen LogP contribution in [0.15, 0.2) is 61.2 Å². The molecule has 2 rings (SSSR count). The van der Waals surface area contributed by atoms with Gasteiger partial charge in [0.2, 0.25) is 0 Å². The quantitative estimate of drug-likeness (QED) is 0.620. The molecule has 0 aromatic heterocycles. The Balaban J connectivity index is 2.20. The molecule has 0 radical (unpaired) electrons. The maximum absolute atomic E-state index is 5.57. The molecule has 0 saturated carbocycles. The summed E-state index contributed by atoms with van der Waals surface area (Å²) in [5, 5.41) is 0. The summed E-state index contributed by atoms with van der Waals surface area (Å²) in [4.78, 5) is 0. The number of benzene rings is 2. The van der Waals surface area contributed by atoms with E-state index in [1.54, 1.807) is 13.2 Å². The Hall–Kier alpha value is -2.66. The van der Waals surface area contributed by atoms with Gasteiger partial charge in [0.05, 0.1) is 12.7 Å². The Morgan fingerprint density at radius 2 is 1.80 bits per heavy atom. The zero-order valence-corrected chi connectivity index (χ0v) is 11.4. The van der Waals surface area contributed by atoms with Crippen LogP contribution in [0.5, 0.6) is 11.5 Å². The molecule has 0 fully saturated rings. The van der Waals surface area contributed by atoms with E-state index in [-0.39, 0.29) is 0 Å². The first-order valence-electron chi connectivity index (χ1n) is 6.32. The van der Waals surface area contributed by atoms with E-state index in [9.17, 15) is 0 Å². The summed E-state index contributed by atoms with van der Waals surface area (Å²) in [6.07, 6.45) is 1.72. The molecule has 100 valence electrons. The van der Waals surface area contributed by atoms with Gasteiger partial charge in [0.15, 0.2) is 0 Å². The first-order valence-corrected chi connectivity index (χ1v) is 6.32. The number of hydrogen-bond donors (Lipinski definition) is 0. The zero-order chi connectivity index (χ0) is 14.2. The van der Waals surface area contributed by atoms with Gasteiger partial charge >= 0.3 is 0 Å². The molecule has 0 bridgehead atoms. The fourth-order valence-corrected chi connectivity index (χ4v) is 1.66. The van der Waals surface area contributed by atoms with Crippen LogP contribution in [0.4, 0.5) is 0 Å². The lowest BCUT2D eigenvalue weighted by Gasteiger charge is -2.04. The van der Waals surface area contributed by atoms with E-state index < -0.39 is 0 Å². The average molecular weight is 264 g/mol. The molecule has 0 spiro atoms. The lowest BCUT2D eigenvalue weighted by atomic mass is 10.1. The van der Waals surface area contributed by atoms with Crippen molar-refractivity contribution in [3.05, 3.63) is 72.3 Å². The molecule has 0 aliphatic rings. The highest BCUT2D eigenvalue weighted by Gasteiger charge is 1.98. The van der Waals surface area contributed by atoms with Crippen molar-refractivity contribution in [2.75, 3.05) is 13.7 Å². The SMILES string of the molecule is C=CCOc1ccccc1C#Cc1ccc(OC)cc1. The number of rotatable bonds is 4. The second-order valence-electron chi connectivity index (χ2n) is 4.07. The van der Waals surface area contributed by atoms with E-state index in [1.807, 2.05) is 48.5 Å². The Kier molecular flexibility index (Phi) is 4.86. The number of hydrogen-bond acceptors (Lipinski definition) is 2. The van der Waals surface area contributed by atoms with E-state index in [0.29, 0.717) is 6.61 Å². The van der Waals surface area contributed by atoms with E-state index in [1.165, 1.54) is 0 Å².